The SMILES string of the molecule is CCNCCNC(=O)c1cc(-c2ccccc2)nc2c1cnn2C(C)C.Cl.Cl. The van der Waals surface area contributed by atoms with Crippen LogP contribution in [0.5, 0.6) is 0 Å². The van der Waals surface area contributed by atoms with Gasteiger partial charge >= 0.3 is 0 Å². The molecule has 0 unspecified atom stereocenters. The molecule has 0 aliphatic carbocycles. The molecule has 28 heavy (non-hydrogen) atoms. The third-order valence-electron chi connectivity index (χ3n) is 4.21. The van der Waals surface area contributed by atoms with Gasteiger partial charge in [-0.05, 0) is 26.5 Å². The Morgan fingerprint density at radius 3 is 2.50 bits per heavy atom. The maximum Gasteiger partial charge on any atom is 0.252 e. The lowest BCUT2D eigenvalue weighted by Gasteiger charge is -2.11. The molecule has 152 valence electrons. The minimum Gasteiger partial charge on any atom is -0.351 e. The lowest BCUT2D eigenvalue weighted by atomic mass is 10.1. The van der Waals surface area contributed by atoms with E-state index >= 15 is 0 Å². The van der Waals surface area contributed by atoms with Crippen LogP contribution in [0.4, 0.5) is 0 Å². The minimum atomic E-state index is -0.101. The third-order valence-corrected chi connectivity index (χ3v) is 4.21. The van der Waals surface area contributed by atoms with Crippen molar-refractivity contribution >= 4 is 41.8 Å². The van der Waals surface area contributed by atoms with Gasteiger partial charge in [0.25, 0.3) is 5.91 Å². The first kappa shape index (κ1) is 23.9. The molecule has 8 heteroatoms. The highest BCUT2D eigenvalue weighted by Gasteiger charge is 2.18. The molecular weight excluding hydrogens is 397 g/mol. The van der Waals surface area contributed by atoms with Crippen LogP contribution in [0.2, 0.25) is 0 Å². The largest absolute Gasteiger partial charge is 0.351 e. The number of nitrogens with one attached hydrogen (secondary N) is 2. The first-order chi connectivity index (χ1) is 12.6. The van der Waals surface area contributed by atoms with Gasteiger partial charge in [-0.15, -0.1) is 24.8 Å². The molecule has 0 spiro atoms. The molecule has 3 rings (SSSR count). The molecule has 0 atom stereocenters. The summed E-state index contributed by atoms with van der Waals surface area (Å²) < 4.78 is 1.86. The van der Waals surface area contributed by atoms with Gasteiger partial charge in [-0.25, -0.2) is 9.67 Å². The van der Waals surface area contributed by atoms with Gasteiger partial charge in [0, 0.05) is 24.7 Å². The summed E-state index contributed by atoms with van der Waals surface area (Å²) >= 11 is 0. The first-order valence-corrected chi connectivity index (χ1v) is 9.04. The van der Waals surface area contributed by atoms with E-state index in [0.717, 1.165) is 35.4 Å². The molecule has 2 heterocycles. The lowest BCUT2D eigenvalue weighted by molar-refractivity contribution is 0.0955. The second-order valence-corrected chi connectivity index (χ2v) is 6.45. The van der Waals surface area contributed by atoms with Gasteiger partial charge in [0.2, 0.25) is 0 Å². The maximum absolute atomic E-state index is 12.8. The molecular formula is C20H27Cl2N5O. The van der Waals surface area contributed by atoms with Crippen LogP contribution in [0.3, 0.4) is 0 Å². The van der Waals surface area contributed by atoms with Crippen molar-refractivity contribution in [3.05, 3.63) is 48.2 Å². The van der Waals surface area contributed by atoms with Crippen LogP contribution >= 0.6 is 24.8 Å². The number of halogens is 2. The van der Waals surface area contributed by atoms with Crippen LogP contribution in [0, 0.1) is 0 Å². The zero-order valence-corrected chi connectivity index (χ0v) is 17.9. The first-order valence-electron chi connectivity index (χ1n) is 9.04. The van der Waals surface area contributed by atoms with Crippen LogP contribution in [0.15, 0.2) is 42.6 Å². The van der Waals surface area contributed by atoms with Gasteiger partial charge < -0.3 is 10.6 Å². The number of fused-ring (bicyclic) bond motifs is 1. The van der Waals surface area contributed by atoms with Gasteiger partial charge in [0.1, 0.15) is 0 Å². The second kappa shape index (κ2) is 11.0. The maximum atomic E-state index is 12.8. The number of carbonyl (C=O) groups excluding carboxylic acids is 1. The summed E-state index contributed by atoms with van der Waals surface area (Å²) in [6, 6.07) is 11.9. The van der Waals surface area contributed by atoms with E-state index in [1.807, 2.05) is 48.0 Å². The Kier molecular flexibility index (Phi) is 9.38. The Labute approximate surface area is 177 Å². The molecule has 1 aromatic carbocycles. The van der Waals surface area contributed by atoms with Gasteiger partial charge in [0.05, 0.1) is 22.8 Å². The van der Waals surface area contributed by atoms with Crippen molar-refractivity contribution in [1.29, 1.82) is 0 Å². The molecule has 2 aromatic heterocycles. The van der Waals surface area contributed by atoms with Crippen molar-refractivity contribution < 1.29 is 4.79 Å². The van der Waals surface area contributed by atoms with E-state index in [1.165, 1.54) is 0 Å². The zero-order valence-electron chi connectivity index (χ0n) is 16.3. The standard InChI is InChI=1S/C20H25N5O.2ClH/c1-4-21-10-11-22-20(26)16-12-18(15-8-6-5-7-9-15)24-19-17(16)13-23-25(19)14(2)3;;/h5-9,12-14,21H,4,10-11H2,1-3H3,(H,22,26);2*1H. The average Bonchev–Trinajstić information content (AvgIpc) is 3.09. The van der Waals surface area contributed by atoms with E-state index in [4.69, 9.17) is 4.98 Å². The van der Waals surface area contributed by atoms with Gasteiger partial charge in [-0.2, -0.15) is 5.10 Å². The summed E-state index contributed by atoms with van der Waals surface area (Å²) in [5, 5.41) is 11.4. The molecule has 2 N–H and O–H groups in total. The molecule has 3 aromatic rings. The summed E-state index contributed by atoms with van der Waals surface area (Å²) in [4.78, 5) is 17.6. The van der Waals surface area contributed by atoms with Gasteiger partial charge in [-0.1, -0.05) is 37.3 Å². The van der Waals surface area contributed by atoms with Crippen LogP contribution < -0.4 is 10.6 Å². The van der Waals surface area contributed by atoms with Crippen molar-refractivity contribution in [2.24, 2.45) is 0 Å². The summed E-state index contributed by atoms with van der Waals surface area (Å²) in [6.07, 6.45) is 1.73. The van der Waals surface area contributed by atoms with E-state index in [1.54, 1.807) is 6.20 Å². The van der Waals surface area contributed by atoms with Crippen LogP contribution in [0.25, 0.3) is 22.3 Å². The fourth-order valence-corrected chi connectivity index (χ4v) is 2.88. The normalized spacial score (nSPS) is 10.4. The van der Waals surface area contributed by atoms with Gasteiger partial charge in [-0.3, -0.25) is 4.79 Å². The highest BCUT2D eigenvalue weighted by atomic mass is 35.5. The molecule has 0 aliphatic heterocycles. The van der Waals surface area contributed by atoms with E-state index in [-0.39, 0.29) is 36.8 Å². The summed E-state index contributed by atoms with van der Waals surface area (Å²) in [7, 11) is 0. The Hall–Kier alpha value is -2.15. The molecule has 1 amide bonds. The molecule has 6 nitrogen and oxygen atoms in total. The third kappa shape index (κ3) is 5.22. The van der Waals surface area contributed by atoms with Gasteiger partial charge in [0.15, 0.2) is 5.65 Å². The molecule has 0 saturated carbocycles. The number of aromatic nitrogens is 3. The number of pyridine rings is 1. The molecule has 0 saturated heterocycles. The number of hydrogen-bond acceptors (Lipinski definition) is 4. The molecule has 0 fully saturated rings. The monoisotopic (exact) mass is 423 g/mol. The molecule has 0 radical (unpaired) electrons. The highest BCUT2D eigenvalue weighted by molar-refractivity contribution is 6.06. The van der Waals surface area contributed by atoms with Crippen molar-refractivity contribution in [3.8, 4) is 11.3 Å². The fourth-order valence-electron chi connectivity index (χ4n) is 2.88. The molecule has 0 bridgehead atoms. The topological polar surface area (TPSA) is 71.8 Å². The Balaban J connectivity index is 0.00000196. The number of hydrogen-bond donors (Lipinski definition) is 2. The number of carbonyl (C=O) groups is 1. The van der Waals surface area contributed by atoms with Crippen molar-refractivity contribution in [2.45, 2.75) is 26.8 Å². The number of nitrogens with zero attached hydrogens (tertiary/aromatic N) is 3. The number of benzene rings is 1. The smallest absolute Gasteiger partial charge is 0.252 e. The van der Waals surface area contributed by atoms with Crippen molar-refractivity contribution in [2.75, 3.05) is 19.6 Å². The van der Waals surface area contributed by atoms with E-state index in [2.05, 4.69) is 29.6 Å². The number of amides is 1. The predicted octanol–water partition coefficient (Wildman–Crippen LogP) is 3.86. The second-order valence-electron chi connectivity index (χ2n) is 6.45. The van der Waals surface area contributed by atoms with Crippen LogP contribution in [-0.2, 0) is 0 Å². The molecule has 0 aliphatic rings. The van der Waals surface area contributed by atoms with Crippen LogP contribution in [-0.4, -0.2) is 40.3 Å². The lowest BCUT2D eigenvalue weighted by Crippen LogP contribution is -2.31. The highest BCUT2D eigenvalue weighted by Crippen LogP contribution is 2.26. The van der Waals surface area contributed by atoms with E-state index in [9.17, 15) is 4.79 Å². The minimum absolute atomic E-state index is 0. The van der Waals surface area contributed by atoms with Crippen molar-refractivity contribution in [3.63, 3.8) is 0 Å². The number of rotatable bonds is 7. The predicted molar refractivity (Wildman–Crippen MR) is 119 cm³/mol. The Bertz CT molecular complexity index is 896. The van der Waals surface area contributed by atoms with E-state index < -0.39 is 0 Å². The Morgan fingerprint density at radius 2 is 1.86 bits per heavy atom. The van der Waals surface area contributed by atoms with Crippen LogP contribution in [0.1, 0.15) is 37.2 Å². The van der Waals surface area contributed by atoms with E-state index in [0.29, 0.717) is 12.1 Å². The Morgan fingerprint density at radius 1 is 1.14 bits per heavy atom. The quantitative estimate of drug-likeness (QED) is 0.565. The number of likely N-dealkylation sites (N-methyl/N-ethyl adjacent to an activating group) is 1. The summed E-state index contributed by atoms with van der Waals surface area (Å²) in [5.41, 5.74) is 3.10. The van der Waals surface area contributed by atoms with Crippen molar-refractivity contribution in [1.82, 2.24) is 25.4 Å². The zero-order chi connectivity index (χ0) is 18.5. The average molecular weight is 424 g/mol. The fraction of sp³-hybridized carbons (Fsp3) is 0.350. The summed E-state index contributed by atoms with van der Waals surface area (Å²) in [6.45, 7) is 8.36. The summed E-state index contributed by atoms with van der Waals surface area (Å²) in [5.74, 6) is -0.101.